The van der Waals surface area contributed by atoms with E-state index in [1.54, 1.807) is 0 Å². The van der Waals surface area contributed by atoms with E-state index in [-0.39, 0.29) is 22.6 Å². The number of nitrogens with one attached hydrogen (secondary N) is 1. The van der Waals surface area contributed by atoms with Crippen LogP contribution in [0.4, 0.5) is 4.39 Å². The second kappa shape index (κ2) is 6.65. The summed E-state index contributed by atoms with van der Waals surface area (Å²) in [6, 6.07) is 4.86. The van der Waals surface area contributed by atoms with Gasteiger partial charge < -0.3 is 10.1 Å². The standard InChI is InChI=1S/C14H20FNO3S/c1-2-16-14(11-7-8-19-9-11)10-20(17,18)13-5-3-12(15)4-6-13/h3-6,11,14,16H,2,7-10H2,1H3. The molecule has 1 aliphatic heterocycles. The van der Waals surface area contributed by atoms with Crippen LogP contribution in [0.25, 0.3) is 0 Å². The van der Waals surface area contributed by atoms with Gasteiger partial charge in [-0.3, -0.25) is 0 Å². The zero-order valence-corrected chi connectivity index (χ0v) is 12.3. The molecule has 0 amide bonds. The van der Waals surface area contributed by atoms with E-state index in [1.165, 1.54) is 24.3 Å². The molecule has 0 bridgehead atoms. The van der Waals surface area contributed by atoms with Crippen molar-refractivity contribution in [2.24, 2.45) is 5.92 Å². The molecule has 0 spiro atoms. The molecule has 1 heterocycles. The van der Waals surface area contributed by atoms with Crippen molar-refractivity contribution in [3.8, 4) is 0 Å². The van der Waals surface area contributed by atoms with Gasteiger partial charge in [0.05, 0.1) is 17.3 Å². The molecular formula is C14H20FNO3S. The van der Waals surface area contributed by atoms with Gasteiger partial charge in [-0.15, -0.1) is 0 Å². The van der Waals surface area contributed by atoms with Gasteiger partial charge in [-0.2, -0.15) is 0 Å². The van der Waals surface area contributed by atoms with Gasteiger partial charge in [-0.1, -0.05) is 6.92 Å². The van der Waals surface area contributed by atoms with Crippen molar-refractivity contribution < 1.29 is 17.5 Å². The minimum Gasteiger partial charge on any atom is -0.381 e. The van der Waals surface area contributed by atoms with E-state index < -0.39 is 15.7 Å². The Balaban J connectivity index is 2.13. The number of hydrogen-bond acceptors (Lipinski definition) is 4. The first-order chi connectivity index (χ1) is 9.53. The topological polar surface area (TPSA) is 55.4 Å². The Morgan fingerprint density at radius 2 is 2.10 bits per heavy atom. The minimum absolute atomic E-state index is 0.0144. The lowest BCUT2D eigenvalue weighted by molar-refractivity contribution is 0.179. The summed E-state index contributed by atoms with van der Waals surface area (Å²) in [5, 5.41) is 3.23. The lowest BCUT2D eigenvalue weighted by Crippen LogP contribution is -2.42. The maximum Gasteiger partial charge on any atom is 0.179 e. The number of hydrogen-bond donors (Lipinski definition) is 1. The molecule has 2 unspecified atom stereocenters. The van der Waals surface area contributed by atoms with E-state index in [9.17, 15) is 12.8 Å². The SMILES string of the molecule is CCNC(CS(=O)(=O)c1ccc(F)cc1)C1CCOC1. The lowest BCUT2D eigenvalue weighted by Gasteiger charge is -2.23. The third-order valence-corrected chi connectivity index (χ3v) is 5.36. The first-order valence-electron chi connectivity index (χ1n) is 6.82. The lowest BCUT2D eigenvalue weighted by atomic mass is 10.0. The largest absolute Gasteiger partial charge is 0.381 e. The molecule has 112 valence electrons. The van der Waals surface area contributed by atoms with Crippen LogP contribution in [0.5, 0.6) is 0 Å². The summed E-state index contributed by atoms with van der Waals surface area (Å²) in [6.07, 6.45) is 0.872. The summed E-state index contributed by atoms with van der Waals surface area (Å²) in [6.45, 7) is 3.94. The number of halogens is 1. The molecule has 1 aromatic rings. The number of rotatable bonds is 6. The first-order valence-corrected chi connectivity index (χ1v) is 8.47. The van der Waals surface area contributed by atoms with Gasteiger partial charge in [0.15, 0.2) is 9.84 Å². The van der Waals surface area contributed by atoms with Crippen molar-refractivity contribution >= 4 is 9.84 Å². The molecule has 1 aliphatic rings. The van der Waals surface area contributed by atoms with Crippen LogP contribution in [-0.4, -0.2) is 40.0 Å². The second-order valence-corrected chi connectivity index (χ2v) is 7.06. The molecule has 0 radical (unpaired) electrons. The van der Waals surface area contributed by atoms with Gasteiger partial charge in [0.1, 0.15) is 5.82 Å². The van der Waals surface area contributed by atoms with E-state index in [2.05, 4.69) is 5.32 Å². The summed E-state index contributed by atoms with van der Waals surface area (Å²) >= 11 is 0. The van der Waals surface area contributed by atoms with Gasteiger partial charge >= 0.3 is 0 Å². The van der Waals surface area contributed by atoms with Gasteiger partial charge in [-0.05, 0) is 37.2 Å². The molecule has 0 aromatic heterocycles. The Morgan fingerprint density at radius 3 is 2.65 bits per heavy atom. The molecule has 1 fully saturated rings. The maximum absolute atomic E-state index is 12.9. The highest BCUT2D eigenvalue weighted by Crippen LogP contribution is 2.21. The predicted octanol–water partition coefficient (Wildman–Crippen LogP) is 1.61. The zero-order chi connectivity index (χ0) is 14.6. The molecule has 0 saturated carbocycles. The fraction of sp³-hybridized carbons (Fsp3) is 0.571. The Morgan fingerprint density at radius 1 is 1.40 bits per heavy atom. The smallest absolute Gasteiger partial charge is 0.179 e. The molecular weight excluding hydrogens is 281 g/mol. The van der Waals surface area contributed by atoms with E-state index in [4.69, 9.17) is 4.74 Å². The van der Waals surface area contributed by atoms with Crippen molar-refractivity contribution in [1.29, 1.82) is 0 Å². The zero-order valence-electron chi connectivity index (χ0n) is 11.5. The van der Waals surface area contributed by atoms with E-state index in [1.807, 2.05) is 6.92 Å². The Kier molecular flexibility index (Phi) is 5.12. The summed E-state index contributed by atoms with van der Waals surface area (Å²) in [7, 11) is -3.42. The Hall–Kier alpha value is -0.980. The normalized spacial score (nSPS) is 21.0. The number of sulfone groups is 1. The molecule has 1 saturated heterocycles. The second-order valence-electron chi connectivity index (χ2n) is 5.02. The molecule has 2 rings (SSSR count). The van der Waals surface area contributed by atoms with Crippen molar-refractivity contribution in [3.63, 3.8) is 0 Å². The van der Waals surface area contributed by atoms with Gasteiger partial charge in [0.25, 0.3) is 0 Å². The fourth-order valence-corrected chi connectivity index (χ4v) is 4.07. The molecule has 1 aromatic carbocycles. The molecule has 4 nitrogen and oxygen atoms in total. The van der Waals surface area contributed by atoms with Crippen LogP contribution in [0.1, 0.15) is 13.3 Å². The highest BCUT2D eigenvalue weighted by Gasteiger charge is 2.30. The van der Waals surface area contributed by atoms with Gasteiger partial charge in [0.2, 0.25) is 0 Å². The molecule has 2 atom stereocenters. The van der Waals surface area contributed by atoms with Crippen molar-refractivity contribution in [2.45, 2.75) is 24.3 Å². The highest BCUT2D eigenvalue weighted by molar-refractivity contribution is 7.91. The van der Waals surface area contributed by atoms with Crippen LogP contribution in [0.3, 0.4) is 0 Å². The van der Waals surface area contributed by atoms with Crippen molar-refractivity contribution in [3.05, 3.63) is 30.1 Å². The van der Waals surface area contributed by atoms with Crippen molar-refractivity contribution in [2.75, 3.05) is 25.5 Å². The van der Waals surface area contributed by atoms with Crippen LogP contribution in [0.2, 0.25) is 0 Å². The monoisotopic (exact) mass is 301 g/mol. The number of benzene rings is 1. The molecule has 20 heavy (non-hydrogen) atoms. The highest BCUT2D eigenvalue weighted by atomic mass is 32.2. The first kappa shape index (κ1) is 15.4. The third-order valence-electron chi connectivity index (χ3n) is 3.57. The summed E-state index contributed by atoms with van der Waals surface area (Å²) in [4.78, 5) is 0.167. The minimum atomic E-state index is -3.42. The van der Waals surface area contributed by atoms with Crippen LogP contribution in [0, 0.1) is 11.7 Å². The average Bonchev–Trinajstić information content (AvgIpc) is 2.92. The Labute approximate surface area is 119 Å². The summed E-state index contributed by atoms with van der Waals surface area (Å²) in [5.41, 5.74) is 0. The van der Waals surface area contributed by atoms with E-state index >= 15 is 0 Å². The number of ether oxygens (including phenoxy) is 1. The van der Waals surface area contributed by atoms with Crippen LogP contribution >= 0.6 is 0 Å². The van der Waals surface area contributed by atoms with Crippen LogP contribution in [-0.2, 0) is 14.6 Å². The van der Waals surface area contributed by atoms with E-state index in [0.717, 1.165) is 6.42 Å². The predicted molar refractivity (Wildman–Crippen MR) is 74.8 cm³/mol. The molecule has 6 heteroatoms. The van der Waals surface area contributed by atoms with Crippen molar-refractivity contribution in [1.82, 2.24) is 5.32 Å². The van der Waals surface area contributed by atoms with Gasteiger partial charge in [-0.25, -0.2) is 12.8 Å². The summed E-state index contributed by atoms with van der Waals surface area (Å²) in [5.74, 6) is -0.206. The Bertz CT molecular complexity index is 524. The fourth-order valence-electron chi connectivity index (χ4n) is 2.47. The third kappa shape index (κ3) is 3.77. The van der Waals surface area contributed by atoms with E-state index in [0.29, 0.717) is 19.8 Å². The van der Waals surface area contributed by atoms with Gasteiger partial charge in [0, 0.05) is 18.6 Å². The maximum atomic E-state index is 12.9. The molecule has 1 N–H and O–H groups in total. The average molecular weight is 301 g/mol. The van der Waals surface area contributed by atoms with Crippen LogP contribution in [0.15, 0.2) is 29.2 Å². The van der Waals surface area contributed by atoms with Crippen LogP contribution < -0.4 is 5.32 Å². The quantitative estimate of drug-likeness (QED) is 0.811. The summed E-state index contributed by atoms with van der Waals surface area (Å²) < 4.78 is 43.0. The molecule has 0 aliphatic carbocycles.